The molecule has 3 amide bonds. The Morgan fingerprint density at radius 2 is 1.70 bits per heavy atom. The van der Waals surface area contributed by atoms with Crippen LogP contribution in [0.3, 0.4) is 0 Å². The number of nitrogens with one attached hydrogen (secondary N) is 2. The van der Waals surface area contributed by atoms with Crippen molar-refractivity contribution in [3.8, 4) is 11.3 Å². The monoisotopic (exact) mass is 692 g/mol. The maximum absolute atomic E-state index is 13.8. The van der Waals surface area contributed by atoms with Gasteiger partial charge in [0, 0.05) is 36.8 Å². The van der Waals surface area contributed by atoms with Gasteiger partial charge in [-0.05, 0) is 30.1 Å². The molecule has 2 aromatic rings. The molecule has 2 heterocycles. The van der Waals surface area contributed by atoms with E-state index in [0.717, 1.165) is 40.7 Å². The summed E-state index contributed by atoms with van der Waals surface area (Å²) in [5, 5.41) is 18.2. The number of β-amino-alcohol motifs (C(OH)–C–C–N with tert-alkyl or cyclic N) is 1. The normalized spacial score (nSPS) is 17.5. The van der Waals surface area contributed by atoms with Crippen molar-refractivity contribution >= 4 is 45.4 Å². The first kappa shape index (κ1) is 36.1. The van der Waals surface area contributed by atoms with Gasteiger partial charge < -0.3 is 25.1 Å². The highest BCUT2D eigenvalue weighted by atomic mass is 79.9. The number of aliphatic hydroxyl groups is 1. The van der Waals surface area contributed by atoms with Crippen molar-refractivity contribution in [3.05, 3.63) is 36.2 Å². The number of unbranched alkanes of at least 4 members (excludes halogenated alkanes) is 7. The van der Waals surface area contributed by atoms with Gasteiger partial charge in [-0.2, -0.15) is 0 Å². The van der Waals surface area contributed by atoms with E-state index >= 15 is 0 Å². The molecule has 1 aliphatic rings. The molecule has 3 atom stereocenters. The average Bonchev–Trinajstić information content (AvgIpc) is 3.64. The molecule has 3 rings (SSSR count). The van der Waals surface area contributed by atoms with Gasteiger partial charge in [-0.3, -0.25) is 14.4 Å². The molecule has 1 aliphatic heterocycles. The van der Waals surface area contributed by atoms with Crippen LogP contribution < -0.4 is 10.6 Å². The number of rotatable bonds is 17. The molecular weight excluding hydrogens is 644 g/mol. The Kier molecular flexibility index (Phi) is 14.7. The summed E-state index contributed by atoms with van der Waals surface area (Å²) >= 11 is 4.97. The Hall–Kier alpha value is -2.37. The van der Waals surface area contributed by atoms with Crippen molar-refractivity contribution in [2.45, 2.75) is 115 Å². The van der Waals surface area contributed by atoms with Crippen LogP contribution in [0, 0.1) is 5.41 Å². The quantitative estimate of drug-likeness (QED) is 0.104. The number of likely N-dealkylation sites (tertiary alicyclic amines) is 1. The molecule has 0 radical (unpaired) electrons. The van der Waals surface area contributed by atoms with Crippen molar-refractivity contribution in [1.29, 1.82) is 0 Å². The lowest BCUT2D eigenvalue weighted by Crippen LogP contribution is -2.57. The van der Waals surface area contributed by atoms with Crippen LogP contribution in [-0.4, -0.2) is 69.0 Å². The lowest BCUT2D eigenvalue weighted by Gasteiger charge is -2.35. The van der Waals surface area contributed by atoms with Gasteiger partial charge in [0.2, 0.25) is 17.7 Å². The lowest BCUT2D eigenvalue weighted by molar-refractivity contribution is -0.144. The Labute approximate surface area is 274 Å². The third-order valence-corrected chi connectivity index (χ3v) is 9.22. The minimum atomic E-state index is -0.814. The van der Waals surface area contributed by atoms with Crippen LogP contribution >= 0.6 is 27.7 Å². The van der Waals surface area contributed by atoms with Crippen molar-refractivity contribution in [2.24, 2.45) is 5.41 Å². The van der Waals surface area contributed by atoms with Gasteiger partial charge in [0.1, 0.15) is 17.1 Å². The molecule has 244 valence electrons. The fourth-order valence-corrected chi connectivity index (χ4v) is 6.34. The molecule has 1 aromatic heterocycles. The first-order valence-electron chi connectivity index (χ1n) is 15.7. The number of aliphatic hydroxyl groups excluding tert-OH is 1. The third-order valence-electron chi connectivity index (χ3n) is 7.98. The average molecular weight is 694 g/mol. The third kappa shape index (κ3) is 10.9. The summed E-state index contributed by atoms with van der Waals surface area (Å²) in [6, 6.07) is 6.03. The van der Waals surface area contributed by atoms with E-state index in [1.54, 1.807) is 0 Å². The van der Waals surface area contributed by atoms with Crippen molar-refractivity contribution in [3.63, 3.8) is 0 Å². The van der Waals surface area contributed by atoms with Gasteiger partial charge in [-0.1, -0.05) is 99.5 Å². The Balaban J connectivity index is 1.52. The molecule has 1 fully saturated rings. The van der Waals surface area contributed by atoms with E-state index in [1.165, 1.54) is 55.2 Å². The SMILES string of the molecule is CSc1ncoc1-c1ccc(CNC(=O)[C@@H]2C[C@@H](O)CN2C(=O)[C@@H](NC(=O)CCCCCCCCCCBr)C(C)(C)C)cc1. The predicted octanol–water partition coefficient (Wildman–Crippen LogP) is 6.08. The zero-order valence-corrected chi connectivity index (χ0v) is 29.0. The summed E-state index contributed by atoms with van der Waals surface area (Å²) in [7, 11) is 0. The van der Waals surface area contributed by atoms with Crippen LogP contribution in [-0.2, 0) is 20.9 Å². The number of amides is 3. The molecule has 1 saturated heterocycles. The Morgan fingerprint density at radius 1 is 1.07 bits per heavy atom. The van der Waals surface area contributed by atoms with Gasteiger partial charge >= 0.3 is 0 Å². The Morgan fingerprint density at radius 3 is 2.32 bits per heavy atom. The molecule has 0 unspecified atom stereocenters. The van der Waals surface area contributed by atoms with Crippen LogP contribution in [0.2, 0.25) is 0 Å². The van der Waals surface area contributed by atoms with Crippen molar-refractivity contribution in [1.82, 2.24) is 20.5 Å². The first-order chi connectivity index (χ1) is 21.0. The molecule has 3 N–H and O–H groups in total. The van der Waals surface area contributed by atoms with E-state index in [1.807, 2.05) is 51.3 Å². The number of hydrogen-bond acceptors (Lipinski definition) is 7. The number of alkyl halides is 1. The number of hydrogen-bond donors (Lipinski definition) is 3. The van der Waals surface area contributed by atoms with Gasteiger partial charge in [0.15, 0.2) is 12.2 Å². The highest BCUT2D eigenvalue weighted by Crippen LogP contribution is 2.29. The number of halogens is 1. The molecule has 9 nitrogen and oxygen atoms in total. The van der Waals surface area contributed by atoms with Gasteiger partial charge in [0.25, 0.3) is 0 Å². The standard InChI is InChI=1S/C33H49BrN4O5S/c1-33(2,3)29(37-27(40)13-11-9-7-5-6-8-10-12-18-34)32(42)38-21-25(39)19-26(38)30(41)35-20-23-14-16-24(17-15-23)28-31(44-4)36-22-43-28/h14-17,22,25-26,29,39H,5-13,18-21H2,1-4H3,(H,35,41)(H,37,40)/t25-,26+,29-/m1/s1. The summed E-state index contributed by atoms with van der Waals surface area (Å²) in [6.07, 6.45) is 12.1. The molecule has 1 aromatic carbocycles. The number of aromatic nitrogens is 1. The van der Waals surface area contributed by atoms with Gasteiger partial charge in [-0.15, -0.1) is 11.8 Å². The van der Waals surface area contributed by atoms with Crippen molar-refractivity contribution in [2.75, 3.05) is 18.1 Å². The zero-order chi connectivity index (χ0) is 32.1. The van der Waals surface area contributed by atoms with E-state index in [4.69, 9.17) is 4.42 Å². The van der Waals surface area contributed by atoms with E-state index in [9.17, 15) is 19.5 Å². The summed E-state index contributed by atoms with van der Waals surface area (Å²) in [5.41, 5.74) is 1.21. The van der Waals surface area contributed by atoms with Gasteiger partial charge in [-0.25, -0.2) is 4.98 Å². The highest BCUT2D eigenvalue weighted by Gasteiger charge is 2.44. The maximum Gasteiger partial charge on any atom is 0.246 e. The topological polar surface area (TPSA) is 125 Å². The van der Waals surface area contributed by atoms with E-state index in [2.05, 4.69) is 31.5 Å². The molecule has 0 aliphatic carbocycles. The Bertz CT molecular complexity index is 1200. The fourth-order valence-electron chi connectivity index (χ4n) is 5.45. The minimum Gasteiger partial charge on any atom is -0.442 e. The number of nitrogens with zero attached hydrogens (tertiary/aromatic N) is 2. The second-order valence-corrected chi connectivity index (χ2v) is 14.2. The van der Waals surface area contributed by atoms with Gasteiger partial charge in [0.05, 0.1) is 6.10 Å². The summed E-state index contributed by atoms with van der Waals surface area (Å²) in [4.78, 5) is 45.6. The molecule has 44 heavy (non-hydrogen) atoms. The fraction of sp³-hybridized carbons (Fsp3) is 0.636. The van der Waals surface area contributed by atoms with Crippen LogP contribution in [0.5, 0.6) is 0 Å². The van der Waals surface area contributed by atoms with Crippen LogP contribution in [0.25, 0.3) is 11.3 Å². The summed E-state index contributed by atoms with van der Waals surface area (Å²) in [6.45, 7) is 6.03. The molecular formula is C33H49BrN4O5S. The summed E-state index contributed by atoms with van der Waals surface area (Å²) in [5.74, 6) is -0.124. The molecule has 0 spiro atoms. The van der Waals surface area contributed by atoms with Crippen molar-refractivity contribution < 1.29 is 23.9 Å². The predicted molar refractivity (Wildman–Crippen MR) is 178 cm³/mol. The lowest BCUT2D eigenvalue weighted by atomic mass is 9.85. The maximum atomic E-state index is 13.8. The second-order valence-electron chi connectivity index (χ2n) is 12.6. The first-order valence-corrected chi connectivity index (χ1v) is 18.1. The van der Waals surface area contributed by atoms with Crippen LogP contribution in [0.1, 0.15) is 90.5 Å². The molecule has 0 saturated carbocycles. The van der Waals surface area contributed by atoms with E-state index in [-0.39, 0.29) is 37.2 Å². The molecule has 0 bridgehead atoms. The largest absolute Gasteiger partial charge is 0.442 e. The number of carbonyl (C=O) groups excluding carboxylic acids is 3. The number of carbonyl (C=O) groups is 3. The number of thioether (sulfide) groups is 1. The molecule has 11 heteroatoms. The smallest absolute Gasteiger partial charge is 0.246 e. The summed E-state index contributed by atoms with van der Waals surface area (Å²) < 4.78 is 5.52. The van der Waals surface area contributed by atoms with E-state index in [0.29, 0.717) is 12.2 Å². The van der Waals surface area contributed by atoms with Crippen LogP contribution in [0.4, 0.5) is 0 Å². The van der Waals surface area contributed by atoms with Crippen LogP contribution in [0.15, 0.2) is 40.1 Å². The number of oxazole rings is 1. The number of benzene rings is 1. The zero-order valence-electron chi connectivity index (χ0n) is 26.6. The second kappa shape index (κ2) is 17.9. The highest BCUT2D eigenvalue weighted by molar-refractivity contribution is 9.09. The van der Waals surface area contributed by atoms with E-state index < -0.39 is 23.6 Å². The minimum absolute atomic E-state index is 0.0542.